The van der Waals surface area contributed by atoms with Crippen LogP contribution in [0.5, 0.6) is 11.8 Å². The lowest BCUT2D eigenvalue weighted by Crippen LogP contribution is -2.16. The lowest BCUT2D eigenvalue weighted by molar-refractivity contribution is -0.137. The molecule has 1 heterocycles. The number of carbonyl (C=O) groups is 1. The second kappa shape index (κ2) is 7.67. The summed E-state index contributed by atoms with van der Waals surface area (Å²) in [4.78, 5) is 20.8. The zero-order chi connectivity index (χ0) is 20.3. The van der Waals surface area contributed by atoms with Crippen LogP contribution >= 0.6 is 0 Å². The predicted molar refractivity (Wildman–Crippen MR) is 97.4 cm³/mol. The second-order valence-corrected chi connectivity index (χ2v) is 6.00. The summed E-state index contributed by atoms with van der Waals surface area (Å²) in [6, 6.07) is 13.3. The molecule has 0 aliphatic rings. The third kappa shape index (κ3) is 4.46. The molecule has 0 unspecified atom stereocenters. The minimum Gasteiger partial charge on any atom is -0.424 e. The number of benzene rings is 2. The van der Waals surface area contributed by atoms with E-state index in [0.29, 0.717) is 22.8 Å². The molecule has 1 aromatic heterocycles. The van der Waals surface area contributed by atoms with E-state index in [2.05, 4.69) is 15.3 Å². The Bertz CT molecular complexity index is 982. The number of nitrogens with zero attached hydrogens (tertiary/aromatic N) is 2. The van der Waals surface area contributed by atoms with Crippen LogP contribution < -0.4 is 10.1 Å². The van der Waals surface area contributed by atoms with Gasteiger partial charge in [-0.2, -0.15) is 23.1 Å². The number of hydrogen-bond acceptors (Lipinski definition) is 4. The first-order chi connectivity index (χ1) is 13.2. The van der Waals surface area contributed by atoms with Crippen LogP contribution in [0.25, 0.3) is 0 Å². The normalized spacial score (nSPS) is 11.2. The van der Waals surface area contributed by atoms with Crippen molar-refractivity contribution in [3.63, 3.8) is 0 Å². The molecule has 0 bridgehead atoms. The number of halogens is 3. The van der Waals surface area contributed by atoms with Crippen LogP contribution in [0.3, 0.4) is 0 Å². The largest absolute Gasteiger partial charge is 0.424 e. The molecule has 144 valence electrons. The van der Waals surface area contributed by atoms with Gasteiger partial charge in [0.05, 0.1) is 22.6 Å². The van der Waals surface area contributed by atoms with Crippen molar-refractivity contribution in [3.8, 4) is 11.8 Å². The number of aromatic nitrogens is 2. The van der Waals surface area contributed by atoms with Gasteiger partial charge in [0.1, 0.15) is 5.75 Å². The molecule has 0 saturated heterocycles. The molecule has 28 heavy (non-hydrogen) atoms. The van der Waals surface area contributed by atoms with Crippen molar-refractivity contribution in [1.29, 1.82) is 0 Å². The highest BCUT2D eigenvalue weighted by Crippen LogP contribution is 2.30. The van der Waals surface area contributed by atoms with Gasteiger partial charge in [-0.25, -0.2) is 0 Å². The highest BCUT2D eigenvalue weighted by atomic mass is 19.4. The molecule has 0 spiro atoms. The van der Waals surface area contributed by atoms with Crippen molar-refractivity contribution in [2.24, 2.45) is 0 Å². The van der Waals surface area contributed by atoms with Crippen LogP contribution in [0.1, 0.15) is 27.3 Å². The predicted octanol–water partition coefficient (Wildman–Crippen LogP) is 5.16. The molecular weight excluding hydrogens is 371 g/mol. The number of aryl methyl sites for hydroxylation is 2. The number of rotatable bonds is 4. The lowest BCUT2D eigenvalue weighted by Gasteiger charge is -2.13. The first-order valence-electron chi connectivity index (χ1n) is 8.31. The number of ether oxygens (including phenoxy) is 1. The molecule has 8 heteroatoms. The maximum Gasteiger partial charge on any atom is 0.416 e. The summed E-state index contributed by atoms with van der Waals surface area (Å²) >= 11 is 0. The van der Waals surface area contributed by atoms with Crippen LogP contribution in [-0.2, 0) is 6.18 Å². The fourth-order valence-corrected chi connectivity index (χ4v) is 2.53. The monoisotopic (exact) mass is 387 g/mol. The Morgan fingerprint density at radius 1 is 0.964 bits per heavy atom. The van der Waals surface area contributed by atoms with E-state index in [9.17, 15) is 18.0 Å². The summed E-state index contributed by atoms with van der Waals surface area (Å²) in [5, 5.41) is 2.58. The number of hydrogen-bond donors (Lipinski definition) is 1. The molecule has 2 aromatic carbocycles. The van der Waals surface area contributed by atoms with E-state index in [0.717, 1.165) is 12.1 Å². The van der Waals surface area contributed by atoms with Crippen molar-refractivity contribution in [2.45, 2.75) is 20.0 Å². The Kier molecular flexibility index (Phi) is 5.30. The van der Waals surface area contributed by atoms with Gasteiger partial charge < -0.3 is 10.1 Å². The number of alkyl halides is 3. The summed E-state index contributed by atoms with van der Waals surface area (Å²) in [5.41, 5.74) is 0.176. The molecule has 3 rings (SSSR count). The minimum absolute atomic E-state index is 0.110. The molecule has 1 amide bonds. The van der Waals surface area contributed by atoms with Crippen LogP contribution in [0.4, 0.5) is 18.9 Å². The highest BCUT2D eigenvalue weighted by molar-refractivity contribution is 6.04. The Hall–Kier alpha value is -3.42. The Morgan fingerprint density at radius 2 is 1.61 bits per heavy atom. The summed E-state index contributed by atoms with van der Waals surface area (Å²) in [6.45, 7) is 3.29. The zero-order valence-corrected chi connectivity index (χ0v) is 15.0. The molecule has 0 atom stereocenters. The maximum atomic E-state index is 12.8. The van der Waals surface area contributed by atoms with E-state index < -0.39 is 17.6 Å². The van der Waals surface area contributed by atoms with E-state index >= 15 is 0 Å². The quantitative estimate of drug-likeness (QED) is 0.672. The summed E-state index contributed by atoms with van der Waals surface area (Å²) in [6.07, 6.45) is -4.53. The highest BCUT2D eigenvalue weighted by Gasteiger charge is 2.31. The molecule has 0 saturated carbocycles. The van der Waals surface area contributed by atoms with Crippen molar-refractivity contribution in [3.05, 3.63) is 77.1 Å². The number of nitrogens with one attached hydrogen (secondary N) is 1. The smallest absolute Gasteiger partial charge is 0.416 e. The van der Waals surface area contributed by atoms with Crippen molar-refractivity contribution < 1.29 is 22.7 Å². The van der Waals surface area contributed by atoms with E-state index in [1.54, 1.807) is 38.1 Å². The first-order valence-corrected chi connectivity index (χ1v) is 8.31. The van der Waals surface area contributed by atoms with Crippen molar-refractivity contribution >= 4 is 11.6 Å². The lowest BCUT2D eigenvalue weighted by atomic mass is 10.1. The van der Waals surface area contributed by atoms with Crippen molar-refractivity contribution in [2.75, 3.05) is 5.32 Å². The van der Waals surface area contributed by atoms with Crippen LogP contribution in [0.2, 0.25) is 0 Å². The van der Waals surface area contributed by atoms with E-state index in [4.69, 9.17) is 4.74 Å². The van der Waals surface area contributed by atoms with Crippen LogP contribution in [-0.4, -0.2) is 15.9 Å². The first kappa shape index (κ1) is 19.3. The van der Waals surface area contributed by atoms with Gasteiger partial charge in [-0.05, 0) is 44.2 Å². The Morgan fingerprint density at radius 3 is 2.21 bits per heavy atom. The number of carbonyl (C=O) groups excluding carboxylic acids is 1. The molecule has 0 fully saturated rings. The Balaban J connectivity index is 1.82. The van der Waals surface area contributed by atoms with Crippen molar-refractivity contribution in [1.82, 2.24) is 9.97 Å². The molecule has 5 nitrogen and oxygen atoms in total. The van der Waals surface area contributed by atoms with E-state index in [1.807, 2.05) is 6.07 Å². The maximum absolute atomic E-state index is 12.8. The van der Waals surface area contributed by atoms with Gasteiger partial charge in [-0.3, -0.25) is 4.79 Å². The summed E-state index contributed by atoms with van der Waals surface area (Å²) in [5.74, 6) is -0.125. The SMILES string of the molecule is Cc1nc(Oc2ccccc2)nc(C)c1NC(=O)c1cccc(C(F)(F)F)c1. The van der Waals surface area contributed by atoms with Gasteiger partial charge in [-0.15, -0.1) is 0 Å². The minimum atomic E-state index is -4.53. The number of amides is 1. The van der Waals surface area contributed by atoms with Crippen LogP contribution in [0, 0.1) is 13.8 Å². The summed E-state index contributed by atoms with van der Waals surface area (Å²) < 4.78 is 44.1. The average Bonchev–Trinajstić information content (AvgIpc) is 2.65. The van der Waals surface area contributed by atoms with E-state index in [-0.39, 0.29) is 11.6 Å². The molecule has 0 aliphatic carbocycles. The summed E-state index contributed by atoms with van der Waals surface area (Å²) in [7, 11) is 0. The third-order valence-electron chi connectivity index (χ3n) is 3.89. The van der Waals surface area contributed by atoms with Gasteiger partial charge in [0, 0.05) is 5.56 Å². The van der Waals surface area contributed by atoms with Gasteiger partial charge in [-0.1, -0.05) is 24.3 Å². The van der Waals surface area contributed by atoms with Gasteiger partial charge in [0.2, 0.25) is 0 Å². The van der Waals surface area contributed by atoms with Crippen LogP contribution in [0.15, 0.2) is 54.6 Å². The zero-order valence-electron chi connectivity index (χ0n) is 15.0. The molecular formula is C20H16F3N3O2. The molecule has 0 aliphatic heterocycles. The number of anilines is 1. The molecule has 1 N–H and O–H groups in total. The second-order valence-electron chi connectivity index (χ2n) is 6.00. The Labute approximate surface area is 159 Å². The van der Waals surface area contributed by atoms with Gasteiger partial charge >= 0.3 is 12.2 Å². The van der Waals surface area contributed by atoms with E-state index in [1.165, 1.54) is 12.1 Å². The molecule has 0 radical (unpaired) electrons. The number of para-hydroxylation sites is 1. The third-order valence-corrected chi connectivity index (χ3v) is 3.89. The molecule has 3 aromatic rings. The topological polar surface area (TPSA) is 64.1 Å². The average molecular weight is 387 g/mol. The standard InChI is InChI=1S/C20H16F3N3O2/c1-12-17(13(2)25-19(24-12)28-16-9-4-3-5-10-16)26-18(27)14-7-6-8-15(11-14)20(21,22)23/h3-11H,1-2H3,(H,26,27). The van der Waals surface area contributed by atoms with Gasteiger partial charge in [0.25, 0.3) is 5.91 Å². The fraction of sp³-hybridized carbons (Fsp3) is 0.150. The fourth-order valence-electron chi connectivity index (χ4n) is 2.53. The van der Waals surface area contributed by atoms with Gasteiger partial charge in [0.15, 0.2) is 0 Å².